The number of aromatic nitrogens is 1. The predicted octanol–water partition coefficient (Wildman–Crippen LogP) is 5.11. The third-order valence-electron chi connectivity index (χ3n) is 6.81. The second-order valence-electron chi connectivity index (χ2n) is 9.17. The van der Waals surface area contributed by atoms with Gasteiger partial charge >= 0.3 is 11.9 Å². The van der Waals surface area contributed by atoms with Gasteiger partial charge in [-0.15, -0.1) is 0 Å². The molecule has 3 aromatic carbocycles. The minimum atomic E-state index is -1.78. The zero-order valence-electron chi connectivity index (χ0n) is 21.4. The van der Waals surface area contributed by atoms with E-state index in [0.717, 1.165) is 33.1 Å². The molecule has 1 aliphatic heterocycles. The topological polar surface area (TPSA) is 72.0 Å². The first kappa shape index (κ1) is 25.8. The number of thiocarbonyl (C=S) groups is 1. The van der Waals surface area contributed by atoms with Crippen molar-refractivity contribution in [1.29, 1.82) is 0 Å². The second kappa shape index (κ2) is 10.8. The van der Waals surface area contributed by atoms with Crippen LogP contribution in [0.1, 0.15) is 19.4 Å². The van der Waals surface area contributed by atoms with Crippen molar-refractivity contribution in [2.24, 2.45) is 5.41 Å². The highest BCUT2D eigenvalue weighted by Crippen LogP contribution is 2.36. The number of carbonyl (C=O) groups excluding carboxylic acids is 2. The van der Waals surface area contributed by atoms with Gasteiger partial charge in [-0.2, -0.15) is 0 Å². The first-order valence-electron chi connectivity index (χ1n) is 12.7. The molecule has 0 unspecified atom stereocenters. The molecule has 0 saturated carbocycles. The van der Waals surface area contributed by atoms with Gasteiger partial charge in [-0.3, -0.25) is 14.5 Å². The first-order valence-corrected chi connectivity index (χ1v) is 13.1. The smallest absolute Gasteiger partial charge is 0.331 e. The number of fused-ring (bicyclic) bond motifs is 2. The zero-order valence-corrected chi connectivity index (χ0v) is 22.2. The predicted molar refractivity (Wildman–Crippen MR) is 152 cm³/mol. The van der Waals surface area contributed by atoms with Crippen LogP contribution in [-0.4, -0.2) is 53.2 Å². The quantitative estimate of drug-likeness (QED) is 0.142. The number of anilines is 1. The molecule has 0 N–H and O–H groups in total. The van der Waals surface area contributed by atoms with Crippen LogP contribution in [0.2, 0.25) is 0 Å². The van der Waals surface area contributed by atoms with E-state index >= 15 is 0 Å². The number of ether oxygens (including phenoxy) is 2. The highest BCUT2D eigenvalue weighted by Gasteiger charge is 2.58. The van der Waals surface area contributed by atoms with E-state index in [1.54, 1.807) is 13.8 Å². The van der Waals surface area contributed by atoms with E-state index in [9.17, 15) is 9.59 Å². The summed E-state index contributed by atoms with van der Waals surface area (Å²) in [7, 11) is 0. The summed E-state index contributed by atoms with van der Waals surface area (Å²) in [6.45, 7) is 4.54. The summed E-state index contributed by atoms with van der Waals surface area (Å²) in [5.41, 5.74) is 1.83. The van der Waals surface area contributed by atoms with Crippen LogP contribution in [0.25, 0.3) is 21.8 Å². The number of nitrogens with zero attached hydrogens (tertiary/aromatic N) is 3. The molecule has 0 atom stereocenters. The van der Waals surface area contributed by atoms with E-state index in [0.29, 0.717) is 13.2 Å². The van der Waals surface area contributed by atoms with Gasteiger partial charge in [0.25, 0.3) is 0 Å². The average molecular weight is 528 g/mol. The molecule has 1 aliphatic rings. The molecule has 0 radical (unpaired) electrons. The highest BCUT2D eigenvalue weighted by atomic mass is 32.1. The minimum absolute atomic E-state index is 0.0395. The van der Waals surface area contributed by atoms with Gasteiger partial charge in [0.05, 0.1) is 30.9 Å². The lowest BCUT2D eigenvalue weighted by atomic mass is 9.84. The molecule has 7 nitrogen and oxygen atoms in total. The van der Waals surface area contributed by atoms with Crippen molar-refractivity contribution >= 4 is 56.6 Å². The van der Waals surface area contributed by atoms with Crippen molar-refractivity contribution in [2.45, 2.75) is 20.4 Å². The number of carbonyl (C=O) groups is 2. The monoisotopic (exact) mass is 527 g/mol. The van der Waals surface area contributed by atoms with Crippen LogP contribution >= 0.6 is 12.2 Å². The number of hydrogen-bond acceptors (Lipinski definition) is 7. The lowest BCUT2D eigenvalue weighted by Gasteiger charge is -2.46. The summed E-state index contributed by atoms with van der Waals surface area (Å²) in [5.74, 6) is -1.39. The SMILES string of the molecule is CCOC(=O)C1(C(=O)OCC)CN(Cc2c3ccccc3nc3ccccc23)CN(c2ccccc2)C1=S. The molecule has 0 aliphatic carbocycles. The molecule has 2 heterocycles. The van der Waals surface area contributed by atoms with Crippen LogP contribution < -0.4 is 4.90 Å². The van der Waals surface area contributed by atoms with E-state index in [4.69, 9.17) is 26.7 Å². The van der Waals surface area contributed by atoms with Gasteiger partial charge in [0, 0.05) is 29.5 Å². The molecule has 1 aromatic heterocycles. The summed E-state index contributed by atoms with van der Waals surface area (Å²) >= 11 is 5.88. The Balaban J connectivity index is 1.66. The van der Waals surface area contributed by atoms with E-state index in [2.05, 4.69) is 17.0 Å². The van der Waals surface area contributed by atoms with Crippen molar-refractivity contribution in [3.05, 3.63) is 84.4 Å². The van der Waals surface area contributed by atoms with E-state index in [-0.39, 0.29) is 24.7 Å². The fraction of sp³-hybridized carbons (Fsp3) is 0.267. The lowest BCUT2D eigenvalue weighted by Crippen LogP contribution is -2.65. The summed E-state index contributed by atoms with van der Waals surface area (Å²) < 4.78 is 10.9. The van der Waals surface area contributed by atoms with Crippen molar-refractivity contribution in [3.8, 4) is 0 Å². The van der Waals surface area contributed by atoms with Crippen molar-refractivity contribution in [1.82, 2.24) is 9.88 Å². The van der Waals surface area contributed by atoms with Gasteiger partial charge in [-0.05, 0) is 43.7 Å². The van der Waals surface area contributed by atoms with Crippen LogP contribution in [0.3, 0.4) is 0 Å². The molecular weight excluding hydrogens is 498 g/mol. The number of rotatable bonds is 7. The molecule has 8 heteroatoms. The Kier molecular flexibility index (Phi) is 7.35. The Morgan fingerprint density at radius 1 is 0.842 bits per heavy atom. The second-order valence-corrected chi connectivity index (χ2v) is 9.55. The number of hydrogen-bond donors (Lipinski definition) is 0. The maximum atomic E-state index is 13.6. The number of pyridine rings is 1. The Hall–Kier alpha value is -3.88. The molecule has 1 saturated heterocycles. The Morgan fingerprint density at radius 2 is 1.37 bits per heavy atom. The fourth-order valence-electron chi connectivity index (χ4n) is 5.08. The van der Waals surface area contributed by atoms with Gasteiger partial charge in [-0.1, -0.05) is 66.8 Å². The van der Waals surface area contributed by atoms with Gasteiger partial charge in [0.2, 0.25) is 5.41 Å². The summed E-state index contributed by atoms with van der Waals surface area (Å²) in [6, 6.07) is 25.5. The zero-order chi connectivity index (χ0) is 26.7. The van der Waals surface area contributed by atoms with Gasteiger partial charge in [0.1, 0.15) is 4.99 Å². The van der Waals surface area contributed by atoms with Crippen LogP contribution in [0, 0.1) is 5.41 Å². The van der Waals surface area contributed by atoms with E-state index < -0.39 is 17.4 Å². The van der Waals surface area contributed by atoms with Crippen molar-refractivity contribution in [3.63, 3.8) is 0 Å². The van der Waals surface area contributed by atoms with E-state index in [1.807, 2.05) is 71.6 Å². The Bertz CT molecular complexity index is 1440. The van der Waals surface area contributed by atoms with Crippen molar-refractivity contribution in [2.75, 3.05) is 31.3 Å². The van der Waals surface area contributed by atoms with Crippen LogP contribution in [0.4, 0.5) is 5.69 Å². The molecule has 194 valence electrons. The third kappa shape index (κ3) is 4.50. The highest BCUT2D eigenvalue weighted by molar-refractivity contribution is 7.80. The normalized spacial score (nSPS) is 15.5. The summed E-state index contributed by atoms with van der Waals surface area (Å²) in [4.78, 5) is 36.1. The number of benzene rings is 3. The van der Waals surface area contributed by atoms with Crippen LogP contribution in [0.5, 0.6) is 0 Å². The standard InChI is InChI=1S/C30H29N3O4S/c1-3-36-28(34)30(29(35)37-4-2)19-32(20-33(27(30)38)21-12-6-5-7-13-21)18-24-22-14-8-10-16-25(22)31-26-17-11-9-15-23(24)26/h5-17H,3-4,18-20H2,1-2H3. The van der Waals surface area contributed by atoms with Crippen LogP contribution in [0.15, 0.2) is 78.9 Å². The average Bonchev–Trinajstić information content (AvgIpc) is 2.94. The van der Waals surface area contributed by atoms with E-state index in [1.165, 1.54) is 0 Å². The lowest BCUT2D eigenvalue weighted by molar-refractivity contribution is -0.168. The van der Waals surface area contributed by atoms with Crippen LogP contribution in [-0.2, 0) is 25.6 Å². The molecule has 0 amide bonds. The fourth-order valence-corrected chi connectivity index (χ4v) is 5.47. The minimum Gasteiger partial charge on any atom is -0.465 e. The number of para-hydroxylation sites is 3. The number of esters is 2. The van der Waals surface area contributed by atoms with Crippen molar-refractivity contribution < 1.29 is 19.1 Å². The summed E-state index contributed by atoms with van der Waals surface area (Å²) in [6.07, 6.45) is 0. The molecular formula is C30H29N3O4S. The first-order chi connectivity index (χ1) is 18.5. The van der Waals surface area contributed by atoms with Gasteiger partial charge in [-0.25, -0.2) is 4.98 Å². The molecule has 4 aromatic rings. The van der Waals surface area contributed by atoms with Gasteiger partial charge < -0.3 is 14.4 Å². The molecule has 5 rings (SSSR count). The van der Waals surface area contributed by atoms with Gasteiger partial charge in [0.15, 0.2) is 0 Å². The Morgan fingerprint density at radius 3 is 1.92 bits per heavy atom. The molecule has 0 bridgehead atoms. The molecule has 38 heavy (non-hydrogen) atoms. The molecule has 1 fully saturated rings. The third-order valence-corrected chi connectivity index (χ3v) is 7.38. The maximum absolute atomic E-state index is 13.6. The maximum Gasteiger partial charge on any atom is 0.331 e. The molecule has 0 spiro atoms. The summed E-state index contributed by atoms with van der Waals surface area (Å²) in [5, 5.41) is 2.03. The Labute approximate surface area is 227 Å². The largest absolute Gasteiger partial charge is 0.465 e.